The molecule has 1 rings (SSSR count). The molecule has 0 aliphatic rings. The topological polar surface area (TPSA) is 3.24 Å². The fourth-order valence-corrected chi connectivity index (χ4v) is 9.83. The predicted molar refractivity (Wildman–Crippen MR) is 81.1 cm³/mol. The molecular weight excluding hydrogens is 325 g/mol. The minimum atomic E-state index is -3.05. The molecule has 1 nitrogen and oxygen atoms in total. The molecule has 0 heterocycles. The maximum absolute atomic E-state index is 3.05. The van der Waals surface area contributed by atoms with Crippen molar-refractivity contribution in [2.24, 2.45) is 0 Å². The van der Waals surface area contributed by atoms with Crippen molar-refractivity contribution in [2.45, 2.75) is 59.0 Å². The third kappa shape index (κ3) is 6.96. The van der Waals surface area contributed by atoms with E-state index in [0.717, 1.165) is 6.54 Å². The van der Waals surface area contributed by atoms with Gasteiger partial charge in [0.1, 0.15) is 0 Å². The van der Waals surface area contributed by atoms with Gasteiger partial charge in [0, 0.05) is 0 Å². The molecule has 0 aliphatic carbocycles. The Bertz CT molecular complexity index is 414. The van der Waals surface area contributed by atoms with Gasteiger partial charge in [-0.25, -0.2) is 0 Å². The third-order valence-electron chi connectivity index (χ3n) is 3.34. The Morgan fingerprint density at radius 1 is 0.850 bits per heavy atom. The second kappa shape index (κ2) is 5.93. The fraction of sp³-hybridized carbons (Fsp3) is 0.625. The molecule has 0 spiro atoms. The molecule has 0 amide bonds. The van der Waals surface area contributed by atoms with E-state index in [1.165, 1.54) is 5.56 Å². The number of rotatable bonds is 3. The summed E-state index contributed by atoms with van der Waals surface area (Å²) < 4.78 is 2.77. The van der Waals surface area contributed by atoms with Crippen molar-refractivity contribution in [2.75, 3.05) is 0 Å². The first kappa shape index (κ1) is 22.8. The van der Waals surface area contributed by atoms with Crippen LogP contribution in [0.15, 0.2) is 30.3 Å². The van der Waals surface area contributed by atoms with Crippen LogP contribution in [0.25, 0.3) is 0 Å². The zero-order chi connectivity index (χ0) is 14.3. The normalized spacial score (nSPS) is 13.8. The second-order valence-electron chi connectivity index (χ2n) is 10.4. The Morgan fingerprint density at radius 2 is 1.25 bits per heavy atom. The summed E-state index contributed by atoms with van der Waals surface area (Å²) in [5.41, 5.74) is 1.61. The maximum Gasteiger partial charge on any atom is -1.00 e. The van der Waals surface area contributed by atoms with Crippen molar-refractivity contribution in [3.05, 3.63) is 35.9 Å². The Balaban J connectivity index is 0. The molecule has 0 saturated heterocycles. The van der Waals surface area contributed by atoms with Crippen molar-refractivity contribution in [3.8, 4) is 0 Å². The first-order valence-electron chi connectivity index (χ1n) is 7.03. The van der Waals surface area contributed by atoms with Crippen molar-refractivity contribution < 1.29 is 39.1 Å². The van der Waals surface area contributed by atoms with E-state index in [0.29, 0.717) is 0 Å². The molecule has 0 radical (unpaired) electrons. The molecule has 0 fully saturated rings. The largest absolute Gasteiger partial charge is 1.00 e. The van der Waals surface area contributed by atoms with Gasteiger partial charge in [-0.2, -0.15) is 0 Å². The number of nitrogens with zero attached hydrogens (tertiary/aromatic N) is 1. The summed E-state index contributed by atoms with van der Waals surface area (Å²) >= 11 is -3.05. The van der Waals surface area contributed by atoms with E-state index < -0.39 is 14.3 Å². The van der Waals surface area contributed by atoms with Gasteiger partial charge in [-0.1, -0.05) is 0 Å². The maximum atomic E-state index is 2.77. The zero-order valence-corrected chi connectivity index (χ0v) is 17.4. The molecular formula is C16H31Cl2NTi. The summed E-state index contributed by atoms with van der Waals surface area (Å²) in [6.45, 7) is 8.06. The Kier molecular flexibility index (Phi) is 6.75. The molecule has 0 atom stereocenters. The van der Waals surface area contributed by atoms with Gasteiger partial charge in [0.05, 0.1) is 0 Å². The number of benzene rings is 1. The molecule has 1 aromatic rings. The van der Waals surface area contributed by atoms with Crippen LogP contribution in [0.3, 0.4) is 0 Å². The van der Waals surface area contributed by atoms with Crippen LogP contribution in [0.1, 0.15) is 26.3 Å². The smallest absolute Gasteiger partial charge is 1.00 e. The van der Waals surface area contributed by atoms with Crippen LogP contribution in [0.5, 0.6) is 0 Å². The minimum Gasteiger partial charge on any atom is -1.00 e. The van der Waals surface area contributed by atoms with E-state index in [-0.39, 0.29) is 30.4 Å². The Hall–Kier alpha value is 0.474. The number of halogens is 2. The van der Waals surface area contributed by atoms with E-state index >= 15 is 0 Å². The van der Waals surface area contributed by atoms with E-state index in [1.807, 2.05) is 0 Å². The van der Waals surface area contributed by atoms with Crippen molar-refractivity contribution in [1.82, 2.24) is 3.38 Å². The summed E-state index contributed by atoms with van der Waals surface area (Å²) in [4.78, 5) is 0. The zero-order valence-electron chi connectivity index (χ0n) is 14.3. The minimum absolute atomic E-state index is 0. The fourth-order valence-electron chi connectivity index (χ4n) is 3.08. The van der Waals surface area contributed by atoms with Crippen LogP contribution in [0.4, 0.5) is 0 Å². The van der Waals surface area contributed by atoms with E-state index in [4.69, 9.17) is 0 Å². The SMILES string of the molecule is CC(C)(C)[N](Cc1ccccc1)[Ti+2]([CH3])([CH3])([CH3])([CH3])[CH3].[Cl-].[Cl-]. The van der Waals surface area contributed by atoms with Gasteiger partial charge in [0.2, 0.25) is 0 Å². The summed E-state index contributed by atoms with van der Waals surface area (Å²) in [7, 11) is 0. The third-order valence-corrected chi connectivity index (χ3v) is 8.85. The Morgan fingerprint density at radius 3 is 1.55 bits per heavy atom. The predicted octanol–water partition coefficient (Wildman–Crippen LogP) is -0.324. The van der Waals surface area contributed by atoms with Crippen LogP contribution < -0.4 is 24.8 Å². The first-order chi connectivity index (χ1) is 7.70. The quantitative estimate of drug-likeness (QED) is 0.671. The summed E-state index contributed by atoms with van der Waals surface area (Å²) in [5, 5.41) is 12.5. The standard InChI is InChI=1S/C11H16N.5CH3.2ClH.Ti/c1-11(2,3)12-9-10-7-5-4-6-8-10;;;;;;;;/h4-8H,9H2,1-3H3;5*1H3;2*1H;/q-1;;;;;;;;+3/p-2. The van der Waals surface area contributed by atoms with Crippen LogP contribution >= 0.6 is 0 Å². The molecule has 118 valence electrons. The average molecular weight is 356 g/mol. The van der Waals surface area contributed by atoms with Gasteiger partial charge < -0.3 is 24.8 Å². The molecule has 0 unspecified atom stereocenters. The molecule has 0 bridgehead atoms. The van der Waals surface area contributed by atoms with Gasteiger partial charge in [-0.05, 0) is 0 Å². The van der Waals surface area contributed by atoms with Crippen LogP contribution in [-0.4, -0.2) is 8.92 Å². The first-order valence-corrected chi connectivity index (χ1v) is 15.5. The van der Waals surface area contributed by atoms with Gasteiger partial charge in [0.25, 0.3) is 0 Å². The van der Waals surface area contributed by atoms with E-state index in [1.54, 1.807) is 0 Å². The van der Waals surface area contributed by atoms with Gasteiger partial charge in [-0.15, -0.1) is 0 Å². The van der Waals surface area contributed by atoms with Gasteiger partial charge in [-0.3, -0.25) is 0 Å². The van der Waals surface area contributed by atoms with Crippen LogP contribution in [0.2, 0.25) is 26.1 Å². The van der Waals surface area contributed by atoms with Crippen LogP contribution in [0, 0.1) is 0 Å². The number of hydrogen-bond donors (Lipinski definition) is 0. The number of hydrogen-bond acceptors (Lipinski definition) is 1. The molecule has 0 N–H and O–H groups in total. The Labute approximate surface area is 137 Å². The van der Waals surface area contributed by atoms with Gasteiger partial charge >= 0.3 is 113 Å². The molecule has 0 saturated carbocycles. The summed E-state index contributed by atoms with van der Waals surface area (Å²) in [5.74, 6) is 0. The van der Waals surface area contributed by atoms with E-state index in [2.05, 4.69) is 80.6 Å². The van der Waals surface area contributed by atoms with Crippen molar-refractivity contribution >= 4 is 0 Å². The molecule has 20 heavy (non-hydrogen) atoms. The second-order valence-corrected chi connectivity index (χ2v) is 30.3. The monoisotopic (exact) mass is 355 g/mol. The van der Waals surface area contributed by atoms with Gasteiger partial charge in [0.15, 0.2) is 0 Å². The average Bonchev–Trinajstić information content (AvgIpc) is 2.10. The summed E-state index contributed by atoms with van der Waals surface area (Å²) in [6.07, 6.45) is 0. The molecule has 1 aromatic carbocycles. The molecule has 0 aromatic heterocycles. The van der Waals surface area contributed by atoms with Crippen molar-refractivity contribution in [3.63, 3.8) is 0 Å². The van der Waals surface area contributed by atoms with Crippen molar-refractivity contribution in [1.29, 1.82) is 0 Å². The summed E-state index contributed by atoms with van der Waals surface area (Å²) in [6, 6.07) is 10.8. The van der Waals surface area contributed by atoms with Crippen LogP contribution in [-0.2, 0) is 20.8 Å². The molecule has 4 heteroatoms. The molecule has 0 aliphatic heterocycles. The van der Waals surface area contributed by atoms with E-state index in [9.17, 15) is 0 Å².